The molecule has 0 saturated heterocycles. The summed E-state index contributed by atoms with van der Waals surface area (Å²) in [5, 5.41) is 9.47. The van der Waals surface area contributed by atoms with E-state index in [-0.39, 0.29) is 6.10 Å². The molecule has 0 aromatic heterocycles. The molecule has 170 valence electrons. The van der Waals surface area contributed by atoms with E-state index in [9.17, 15) is 13.5 Å². The first-order valence-electron chi connectivity index (χ1n) is 12.1. The van der Waals surface area contributed by atoms with Crippen molar-refractivity contribution in [2.45, 2.75) is 147 Å². The van der Waals surface area contributed by atoms with Crippen LogP contribution in [0.4, 0.5) is 0 Å². The van der Waals surface area contributed by atoms with Gasteiger partial charge in [0.05, 0.1) is 11.4 Å². The molecule has 2 atom stereocenters. The molecular formula is C23H48O4S. The maximum atomic E-state index is 11.1. The summed E-state index contributed by atoms with van der Waals surface area (Å²) < 4.78 is 31.4. The van der Waals surface area contributed by atoms with Crippen LogP contribution >= 0.6 is 0 Å². The van der Waals surface area contributed by atoms with Gasteiger partial charge in [0, 0.05) is 0 Å². The molecule has 0 amide bonds. The van der Waals surface area contributed by atoms with E-state index in [2.05, 4.69) is 6.92 Å². The van der Waals surface area contributed by atoms with Crippen LogP contribution in [0.3, 0.4) is 0 Å². The topological polar surface area (TPSA) is 74.6 Å². The highest BCUT2D eigenvalue weighted by atomic mass is 32.2. The van der Waals surface area contributed by atoms with E-state index in [1.54, 1.807) is 0 Å². The molecule has 0 aliphatic carbocycles. The monoisotopic (exact) mass is 420 g/mol. The minimum Gasteiger partial charge on any atom is -0.393 e. The largest absolute Gasteiger partial charge is 0.393 e. The van der Waals surface area contributed by atoms with E-state index in [4.69, 9.17) is 4.55 Å². The molecule has 0 radical (unpaired) electrons. The van der Waals surface area contributed by atoms with Gasteiger partial charge < -0.3 is 5.11 Å². The molecule has 5 heteroatoms. The number of hydrogen-bond acceptors (Lipinski definition) is 3. The minimum atomic E-state index is -3.86. The maximum absolute atomic E-state index is 11.1. The van der Waals surface area contributed by atoms with E-state index in [0.717, 1.165) is 38.5 Å². The van der Waals surface area contributed by atoms with Crippen molar-refractivity contribution >= 4 is 10.1 Å². The number of aliphatic hydroxyl groups is 1. The summed E-state index contributed by atoms with van der Waals surface area (Å²) in [4.78, 5) is 0. The van der Waals surface area contributed by atoms with Crippen LogP contribution in [0.1, 0.15) is 136 Å². The SMILES string of the molecule is CCCCCCCCCC(O)CCCCCCCCCCC(CC)S(=O)(=O)O. The smallest absolute Gasteiger partial charge is 0.267 e. The Labute approximate surface area is 175 Å². The quantitative estimate of drug-likeness (QED) is 0.154. The van der Waals surface area contributed by atoms with Gasteiger partial charge in [-0.25, -0.2) is 0 Å². The van der Waals surface area contributed by atoms with Crippen molar-refractivity contribution in [3.8, 4) is 0 Å². The van der Waals surface area contributed by atoms with Gasteiger partial charge in [0.15, 0.2) is 0 Å². The fraction of sp³-hybridized carbons (Fsp3) is 1.00. The maximum Gasteiger partial charge on any atom is 0.267 e. The molecule has 0 aromatic rings. The van der Waals surface area contributed by atoms with Crippen LogP contribution in [-0.4, -0.2) is 29.4 Å². The molecule has 0 heterocycles. The third-order valence-corrected chi connectivity index (χ3v) is 7.24. The molecule has 28 heavy (non-hydrogen) atoms. The van der Waals surface area contributed by atoms with Gasteiger partial charge in [-0.1, -0.05) is 110 Å². The van der Waals surface area contributed by atoms with Gasteiger partial charge in [0.25, 0.3) is 10.1 Å². The Morgan fingerprint density at radius 2 is 0.964 bits per heavy atom. The summed E-state index contributed by atoms with van der Waals surface area (Å²) in [5.41, 5.74) is 0. The summed E-state index contributed by atoms with van der Waals surface area (Å²) in [7, 11) is -3.86. The van der Waals surface area contributed by atoms with E-state index >= 15 is 0 Å². The summed E-state index contributed by atoms with van der Waals surface area (Å²) >= 11 is 0. The van der Waals surface area contributed by atoms with Crippen LogP contribution in [0.15, 0.2) is 0 Å². The van der Waals surface area contributed by atoms with Gasteiger partial charge >= 0.3 is 0 Å². The van der Waals surface area contributed by atoms with Crippen molar-refractivity contribution in [2.24, 2.45) is 0 Å². The Balaban J connectivity index is 3.34. The average Bonchev–Trinajstić information content (AvgIpc) is 2.64. The van der Waals surface area contributed by atoms with E-state index in [1.807, 2.05) is 6.92 Å². The van der Waals surface area contributed by atoms with Crippen LogP contribution in [0.25, 0.3) is 0 Å². The van der Waals surface area contributed by atoms with Crippen LogP contribution in [0.5, 0.6) is 0 Å². The lowest BCUT2D eigenvalue weighted by atomic mass is 10.0. The van der Waals surface area contributed by atoms with Gasteiger partial charge in [-0.2, -0.15) is 8.42 Å². The van der Waals surface area contributed by atoms with Crippen molar-refractivity contribution in [3.63, 3.8) is 0 Å². The standard InChI is InChI=1S/C23H48O4S/c1-3-5-6-7-10-13-16-19-22(24)20-17-14-11-8-9-12-15-18-21-23(4-2)28(25,26)27/h22-24H,3-21H2,1-2H3,(H,25,26,27). The third kappa shape index (κ3) is 17.9. The lowest BCUT2D eigenvalue weighted by Crippen LogP contribution is -2.19. The second kappa shape index (κ2) is 18.9. The molecule has 0 bridgehead atoms. The van der Waals surface area contributed by atoms with E-state index in [0.29, 0.717) is 12.8 Å². The fourth-order valence-corrected chi connectivity index (χ4v) is 4.74. The van der Waals surface area contributed by atoms with E-state index in [1.165, 1.54) is 70.6 Å². The lowest BCUT2D eigenvalue weighted by Gasteiger charge is -2.11. The van der Waals surface area contributed by atoms with Crippen molar-refractivity contribution in [3.05, 3.63) is 0 Å². The molecule has 0 rings (SSSR count). The predicted molar refractivity (Wildman–Crippen MR) is 120 cm³/mol. The Kier molecular flexibility index (Phi) is 18.8. The van der Waals surface area contributed by atoms with Gasteiger partial charge in [0.1, 0.15) is 0 Å². The Morgan fingerprint density at radius 3 is 1.32 bits per heavy atom. The second-order valence-corrected chi connectivity index (χ2v) is 10.2. The zero-order valence-electron chi connectivity index (χ0n) is 18.7. The molecule has 0 spiro atoms. The number of unbranched alkanes of at least 4 members (excludes halogenated alkanes) is 13. The van der Waals surface area contributed by atoms with Crippen molar-refractivity contribution in [1.82, 2.24) is 0 Å². The van der Waals surface area contributed by atoms with Crippen molar-refractivity contribution < 1.29 is 18.1 Å². The third-order valence-electron chi connectivity index (χ3n) is 5.83. The number of hydrogen-bond donors (Lipinski definition) is 2. The minimum absolute atomic E-state index is 0.107. The molecule has 0 aromatic carbocycles. The zero-order valence-corrected chi connectivity index (χ0v) is 19.5. The number of rotatable bonds is 21. The van der Waals surface area contributed by atoms with Gasteiger partial charge in [0.2, 0.25) is 0 Å². The fourth-order valence-electron chi connectivity index (χ4n) is 3.86. The Hall–Kier alpha value is -0.130. The highest BCUT2D eigenvalue weighted by Crippen LogP contribution is 2.17. The van der Waals surface area contributed by atoms with E-state index < -0.39 is 15.4 Å². The highest BCUT2D eigenvalue weighted by Gasteiger charge is 2.19. The second-order valence-electron chi connectivity index (χ2n) is 8.51. The molecule has 0 saturated carbocycles. The van der Waals surface area contributed by atoms with Crippen molar-refractivity contribution in [2.75, 3.05) is 0 Å². The first-order valence-corrected chi connectivity index (χ1v) is 13.6. The molecule has 4 nitrogen and oxygen atoms in total. The van der Waals surface area contributed by atoms with Crippen LogP contribution in [-0.2, 0) is 10.1 Å². The van der Waals surface area contributed by atoms with Gasteiger partial charge in [-0.05, 0) is 25.7 Å². The zero-order chi connectivity index (χ0) is 21.1. The first-order chi connectivity index (χ1) is 13.4. The lowest BCUT2D eigenvalue weighted by molar-refractivity contribution is 0.147. The number of aliphatic hydroxyl groups excluding tert-OH is 1. The Morgan fingerprint density at radius 1 is 0.607 bits per heavy atom. The highest BCUT2D eigenvalue weighted by molar-refractivity contribution is 7.86. The normalized spacial score (nSPS) is 14.3. The molecule has 2 unspecified atom stereocenters. The summed E-state index contributed by atoms with van der Waals surface area (Å²) in [5.74, 6) is 0. The summed E-state index contributed by atoms with van der Waals surface area (Å²) in [6, 6.07) is 0. The van der Waals surface area contributed by atoms with Gasteiger partial charge in [-0.15, -0.1) is 0 Å². The summed E-state index contributed by atoms with van der Waals surface area (Å²) in [6.45, 7) is 4.05. The first kappa shape index (κ1) is 27.9. The van der Waals surface area contributed by atoms with Crippen LogP contribution in [0.2, 0.25) is 0 Å². The molecule has 0 fully saturated rings. The van der Waals surface area contributed by atoms with Crippen LogP contribution in [0, 0.1) is 0 Å². The molecule has 2 N–H and O–H groups in total. The van der Waals surface area contributed by atoms with Crippen molar-refractivity contribution in [1.29, 1.82) is 0 Å². The molecular weight excluding hydrogens is 372 g/mol. The van der Waals surface area contributed by atoms with Crippen LogP contribution < -0.4 is 0 Å². The predicted octanol–water partition coefficient (Wildman–Crippen LogP) is 7.06. The molecule has 0 aliphatic rings. The Bertz CT molecular complexity index is 422. The average molecular weight is 421 g/mol. The van der Waals surface area contributed by atoms with Gasteiger partial charge in [-0.3, -0.25) is 4.55 Å². The summed E-state index contributed by atoms with van der Waals surface area (Å²) in [6.07, 6.45) is 21.1. The molecule has 0 aliphatic heterocycles.